The van der Waals surface area contributed by atoms with E-state index in [2.05, 4.69) is 5.32 Å². The summed E-state index contributed by atoms with van der Waals surface area (Å²) in [5, 5.41) is 11.8. The smallest absolute Gasteiger partial charge is 0.220 e. The maximum Gasteiger partial charge on any atom is 0.220 e. The summed E-state index contributed by atoms with van der Waals surface area (Å²) in [6, 6.07) is 2.97. The van der Waals surface area contributed by atoms with Gasteiger partial charge in [-0.3, -0.25) is 4.79 Å². The first-order valence-electron chi connectivity index (χ1n) is 5.20. The highest BCUT2D eigenvalue weighted by Crippen LogP contribution is 2.12. The molecule has 0 aromatic carbocycles. The zero-order valence-electron chi connectivity index (χ0n) is 9.31. The SMILES string of the molecule is COCCCC(=O)NC(CO)c1ccco1. The van der Waals surface area contributed by atoms with Crippen LogP contribution in [0, 0.1) is 0 Å². The monoisotopic (exact) mass is 227 g/mol. The summed E-state index contributed by atoms with van der Waals surface area (Å²) in [6.45, 7) is 0.376. The van der Waals surface area contributed by atoms with Crippen LogP contribution in [0.1, 0.15) is 24.6 Å². The van der Waals surface area contributed by atoms with E-state index >= 15 is 0 Å². The molecular weight excluding hydrogens is 210 g/mol. The number of methoxy groups -OCH3 is 1. The highest BCUT2D eigenvalue weighted by atomic mass is 16.5. The summed E-state index contributed by atoms with van der Waals surface area (Å²) in [4.78, 5) is 11.5. The molecule has 1 aromatic rings. The van der Waals surface area contributed by atoms with Crippen molar-refractivity contribution >= 4 is 5.91 Å². The lowest BCUT2D eigenvalue weighted by atomic mass is 10.2. The van der Waals surface area contributed by atoms with Crippen LogP contribution < -0.4 is 5.32 Å². The highest BCUT2D eigenvalue weighted by Gasteiger charge is 2.15. The molecular formula is C11H17NO4. The Hall–Kier alpha value is -1.33. The maximum atomic E-state index is 11.5. The van der Waals surface area contributed by atoms with Gasteiger partial charge in [-0.1, -0.05) is 0 Å². The number of aliphatic hydroxyl groups is 1. The molecule has 1 unspecified atom stereocenters. The van der Waals surface area contributed by atoms with Crippen molar-refractivity contribution in [2.75, 3.05) is 20.3 Å². The summed E-state index contributed by atoms with van der Waals surface area (Å²) in [7, 11) is 1.59. The van der Waals surface area contributed by atoms with Crippen molar-refractivity contribution < 1.29 is 19.1 Å². The van der Waals surface area contributed by atoms with Gasteiger partial charge in [0.05, 0.1) is 12.9 Å². The molecule has 0 aliphatic rings. The van der Waals surface area contributed by atoms with Gasteiger partial charge in [0.15, 0.2) is 0 Å². The fourth-order valence-corrected chi connectivity index (χ4v) is 1.34. The average Bonchev–Trinajstić information content (AvgIpc) is 2.79. The summed E-state index contributed by atoms with van der Waals surface area (Å²) >= 11 is 0. The largest absolute Gasteiger partial charge is 0.467 e. The Labute approximate surface area is 94.4 Å². The number of hydrogen-bond acceptors (Lipinski definition) is 4. The lowest BCUT2D eigenvalue weighted by Crippen LogP contribution is -2.30. The maximum absolute atomic E-state index is 11.5. The van der Waals surface area contributed by atoms with E-state index in [9.17, 15) is 4.79 Å². The van der Waals surface area contributed by atoms with Crippen LogP contribution in [0.15, 0.2) is 22.8 Å². The molecule has 0 spiro atoms. The number of furan rings is 1. The Morgan fingerprint density at radius 1 is 1.69 bits per heavy atom. The van der Waals surface area contributed by atoms with Crippen molar-refractivity contribution in [2.45, 2.75) is 18.9 Å². The number of ether oxygens (including phenoxy) is 1. The minimum Gasteiger partial charge on any atom is -0.467 e. The number of carbonyl (C=O) groups excluding carboxylic acids is 1. The lowest BCUT2D eigenvalue weighted by Gasteiger charge is -2.13. The van der Waals surface area contributed by atoms with Crippen LogP contribution in [-0.4, -0.2) is 31.3 Å². The van der Waals surface area contributed by atoms with Crippen molar-refractivity contribution in [1.29, 1.82) is 0 Å². The third-order valence-electron chi connectivity index (χ3n) is 2.16. The van der Waals surface area contributed by atoms with Crippen LogP contribution in [0.2, 0.25) is 0 Å². The minimum atomic E-state index is -0.468. The predicted molar refractivity (Wildman–Crippen MR) is 57.8 cm³/mol. The fraction of sp³-hybridized carbons (Fsp3) is 0.545. The van der Waals surface area contributed by atoms with E-state index < -0.39 is 6.04 Å². The van der Waals surface area contributed by atoms with E-state index in [1.165, 1.54) is 6.26 Å². The summed E-state index contributed by atoms with van der Waals surface area (Å²) in [5.41, 5.74) is 0. The van der Waals surface area contributed by atoms with E-state index in [-0.39, 0.29) is 12.5 Å². The van der Waals surface area contributed by atoms with E-state index in [4.69, 9.17) is 14.3 Å². The second kappa shape index (κ2) is 7.03. The first kappa shape index (κ1) is 12.7. The standard InChI is InChI=1S/C11H17NO4/c1-15-6-3-5-11(14)12-9(8-13)10-4-2-7-16-10/h2,4,7,9,13H,3,5-6,8H2,1H3,(H,12,14). The van der Waals surface area contributed by atoms with Gasteiger partial charge in [0, 0.05) is 20.1 Å². The van der Waals surface area contributed by atoms with Crippen molar-refractivity contribution in [1.82, 2.24) is 5.32 Å². The number of amides is 1. The Morgan fingerprint density at radius 3 is 3.06 bits per heavy atom. The first-order valence-corrected chi connectivity index (χ1v) is 5.20. The normalized spacial score (nSPS) is 12.4. The summed E-state index contributed by atoms with van der Waals surface area (Å²) < 4.78 is 9.96. The summed E-state index contributed by atoms with van der Waals surface area (Å²) in [6.07, 6.45) is 2.55. The highest BCUT2D eigenvalue weighted by molar-refractivity contribution is 5.76. The van der Waals surface area contributed by atoms with Gasteiger partial charge in [-0.25, -0.2) is 0 Å². The molecule has 0 saturated heterocycles. The fourth-order valence-electron chi connectivity index (χ4n) is 1.34. The van der Waals surface area contributed by atoms with Gasteiger partial charge in [-0.05, 0) is 18.6 Å². The van der Waals surface area contributed by atoms with Gasteiger partial charge in [-0.2, -0.15) is 0 Å². The molecule has 1 atom stereocenters. The van der Waals surface area contributed by atoms with E-state index in [0.29, 0.717) is 25.2 Å². The van der Waals surface area contributed by atoms with Crippen LogP contribution in [0.4, 0.5) is 0 Å². The second-order valence-electron chi connectivity index (χ2n) is 3.41. The third kappa shape index (κ3) is 4.04. The number of rotatable bonds is 7. The Balaban J connectivity index is 2.36. The quantitative estimate of drug-likeness (QED) is 0.677. The Morgan fingerprint density at radius 2 is 2.50 bits per heavy atom. The molecule has 1 heterocycles. The van der Waals surface area contributed by atoms with E-state index in [1.807, 2.05) is 0 Å². The van der Waals surface area contributed by atoms with Gasteiger partial charge >= 0.3 is 0 Å². The van der Waals surface area contributed by atoms with Crippen LogP contribution in [-0.2, 0) is 9.53 Å². The molecule has 0 bridgehead atoms. The van der Waals surface area contributed by atoms with Gasteiger partial charge in [0.2, 0.25) is 5.91 Å². The van der Waals surface area contributed by atoms with Gasteiger partial charge in [-0.15, -0.1) is 0 Å². The van der Waals surface area contributed by atoms with E-state index in [0.717, 1.165) is 0 Å². The average molecular weight is 227 g/mol. The molecule has 2 N–H and O–H groups in total. The van der Waals surface area contributed by atoms with Crippen LogP contribution in [0.25, 0.3) is 0 Å². The predicted octanol–water partition coefficient (Wildman–Crippen LogP) is 0.856. The van der Waals surface area contributed by atoms with Gasteiger partial charge in [0.1, 0.15) is 11.8 Å². The van der Waals surface area contributed by atoms with Gasteiger partial charge in [0.25, 0.3) is 0 Å². The van der Waals surface area contributed by atoms with Crippen LogP contribution in [0.3, 0.4) is 0 Å². The molecule has 16 heavy (non-hydrogen) atoms. The molecule has 0 saturated carbocycles. The molecule has 5 heteroatoms. The molecule has 1 aromatic heterocycles. The molecule has 5 nitrogen and oxygen atoms in total. The molecule has 0 aliphatic heterocycles. The zero-order valence-corrected chi connectivity index (χ0v) is 9.31. The number of hydrogen-bond donors (Lipinski definition) is 2. The van der Waals surface area contributed by atoms with E-state index in [1.54, 1.807) is 19.2 Å². The first-order chi connectivity index (χ1) is 7.77. The topological polar surface area (TPSA) is 71.7 Å². The van der Waals surface area contributed by atoms with Gasteiger partial charge < -0.3 is 19.6 Å². The molecule has 1 rings (SSSR count). The molecule has 0 fully saturated rings. The number of carbonyl (C=O) groups is 1. The van der Waals surface area contributed by atoms with Crippen molar-refractivity contribution in [3.63, 3.8) is 0 Å². The molecule has 0 radical (unpaired) electrons. The van der Waals surface area contributed by atoms with Crippen molar-refractivity contribution in [3.05, 3.63) is 24.2 Å². The van der Waals surface area contributed by atoms with Crippen molar-refractivity contribution in [2.24, 2.45) is 0 Å². The summed E-state index contributed by atoms with van der Waals surface area (Å²) in [5.74, 6) is 0.440. The molecule has 1 amide bonds. The van der Waals surface area contributed by atoms with Crippen molar-refractivity contribution in [3.8, 4) is 0 Å². The second-order valence-corrected chi connectivity index (χ2v) is 3.41. The Kier molecular flexibility index (Phi) is 5.60. The minimum absolute atomic E-state index is 0.118. The number of nitrogens with one attached hydrogen (secondary N) is 1. The van der Waals surface area contributed by atoms with Crippen LogP contribution in [0.5, 0.6) is 0 Å². The molecule has 90 valence electrons. The zero-order chi connectivity index (χ0) is 11.8. The lowest BCUT2D eigenvalue weighted by molar-refractivity contribution is -0.122. The number of aliphatic hydroxyl groups excluding tert-OH is 1. The van der Waals surface area contributed by atoms with Crippen LogP contribution >= 0.6 is 0 Å². The molecule has 0 aliphatic carbocycles. The third-order valence-corrected chi connectivity index (χ3v) is 2.16. The Bertz CT molecular complexity index is 297.